The second kappa shape index (κ2) is 7.06. The van der Waals surface area contributed by atoms with Gasteiger partial charge in [0, 0.05) is 6.04 Å². The van der Waals surface area contributed by atoms with Crippen LogP contribution >= 0.6 is 0 Å². The van der Waals surface area contributed by atoms with Crippen molar-refractivity contribution in [2.75, 3.05) is 6.54 Å². The van der Waals surface area contributed by atoms with Crippen molar-refractivity contribution in [3.05, 3.63) is 34.9 Å². The number of aryl methyl sites for hydroxylation is 2. The van der Waals surface area contributed by atoms with Crippen molar-refractivity contribution < 1.29 is 4.74 Å². The molecule has 0 amide bonds. The summed E-state index contributed by atoms with van der Waals surface area (Å²) in [5.41, 5.74) is 4.00. The van der Waals surface area contributed by atoms with Crippen LogP contribution in [0, 0.1) is 13.8 Å². The zero-order valence-corrected chi connectivity index (χ0v) is 12.5. The lowest BCUT2D eigenvalue weighted by Gasteiger charge is -2.29. The predicted octanol–water partition coefficient (Wildman–Crippen LogP) is 3.74. The molecule has 1 aliphatic carbocycles. The molecule has 1 aromatic rings. The van der Waals surface area contributed by atoms with Crippen LogP contribution in [0.25, 0.3) is 0 Å². The Morgan fingerprint density at radius 3 is 2.58 bits per heavy atom. The van der Waals surface area contributed by atoms with Crippen LogP contribution < -0.4 is 5.32 Å². The molecule has 1 aromatic carbocycles. The molecule has 2 rings (SSSR count). The Morgan fingerprint density at radius 1 is 1.16 bits per heavy atom. The molecular weight excluding hydrogens is 234 g/mol. The highest BCUT2D eigenvalue weighted by atomic mass is 16.5. The molecule has 1 saturated carbocycles. The van der Waals surface area contributed by atoms with Crippen molar-refractivity contribution >= 4 is 0 Å². The zero-order chi connectivity index (χ0) is 13.7. The first-order valence-electron chi connectivity index (χ1n) is 7.60. The highest BCUT2D eigenvalue weighted by Gasteiger charge is 2.20. The van der Waals surface area contributed by atoms with Crippen LogP contribution in [0.2, 0.25) is 0 Å². The van der Waals surface area contributed by atoms with Gasteiger partial charge in [0.2, 0.25) is 0 Å². The van der Waals surface area contributed by atoms with Gasteiger partial charge in [-0.25, -0.2) is 0 Å². The van der Waals surface area contributed by atoms with E-state index in [0.717, 1.165) is 13.2 Å². The molecule has 0 aliphatic heterocycles. The number of benzene rings is 1. The van der Waals surface area contributed by atoms with Gasteiger partial charge in [0.05, 0.1) is 12.7 Å². The molecular formula is C17H27NO. The summed E-state index contributed by atoms with van der Waals surface area (Å²) in [4.78, 5) is 0. The van der Waals surface area contributed by atoms with Gasteiger partial charge in [0.15, 0.2) is 0 Å². The van der Waals surface area contributed by atoms with E-state index in [1.807, 2.05) is 0 Å². The Balaban J connectivity index is 1.79. The number of rotatable bonds is 5. The van der Waals surface area contributed by atoms with Crippen molar-refractivity contribution in [2.24, 2.45) is 0 Å². The smallest absolute Gasteiger partial charge is 0.0723 e. The summed E-state index contributed by atoms with van der Waals surface area (Å²) in [5.74, 6) is 0. The average molecular weight is 261 g/mol. The van der Waals surface area contributed by atoms with Crippen LogP contribution in [0.15, 0.2) is 18.2 Å². The van der Waals surface area contributed by atoms with Gasteiger partial charge in [-0.15, -0.1) is 0 Å². The molecule has 0 heterocycles. The van der Waals surface area contributed by atoms with Gasteiger partial charge in [-0.05, 0) is 57.2 Å². The largest absolute Gasteiger partial charge is 0.374 e. The van der Waals surface area contributed by atoms with Crippen molar-refractivity contribution in [3.63, 3.8) is 0 Å². The summed E-state index contributed by atoms with van der Waals surface area (Å²) < 4.78 is 6.10. The Labute approximate surface area is 117 Å². The number of hydrogen-bond donors (Lipinski definition) is 1. The van der Waals surface area contributed by atoms with Crippen LogP contribution in [-0.2, 0) is 11.3 Å². The summed E-state index contributed by atoms with van der Waals surface area (Å²) in [6, 6.07) is 7.32. The van der Waals surface area contributed by atoms with Gasteiger partial charge in [0.1, 0.15) is 0 Å². The first-order chi connectivity index (χ1) is 9.19. The highest BCUT2D eigenvalue weighted by molar-refractivity contribution is 5.29. The molecule has 0 saturated heterocycles. The Kier molecular flexibility index (Phi) is 5.41. The first-order valence-corrected chi connectivity index (χ1v) is 7.60. The standard InChI is InChI=1S/C17H27NO/c1-4-18-16-7-9-17(10-8-16)19-12-15-11-13(2)5-6-14(15)3/h5-6,11,16-18H,4,7-10,12H2,1-3H3. The summed E-state index contributed by atoms with van der Waals surface area (Å²) >= 11 is 0. The molecule has 2 nitrogen and oxygen atoms in total. The second-order valence-corrected chi connectivity index (χ2v) is 5.77. The highest BCUT2D eigenvalue weighted by Crippen LogP contribution is 2.23. The van der Waals surface area contributed by atoms with Gasteiger partial charge in [-0.3, -0.25) is 0 Å². The van der Waals surface area contributed by atoms with Crippen molar-refractivity contribution in [1.29, 1.82) is 0 Å². The number of hydrogen-bond acceptors (Lipinski definition) is 2. The fourth-order valence-electron chi connectivity index (χ4n) is 2.89. The SMILES string of the molecule is CCNC1CCC(OCc2cc(C)ccc2C)CC1. The molecule has 0 atom stereocenters. The molecule has 19 heavy (non-hydrogen) atoms. The van der Waals surface area contributed by atoms with Crippen LogP contribution in [-0.4, -0.2) is 18.7 Å². The van der Waals surface area contributed by atoms with Gasteiger partial charge in [0.25, 0.3) is 0 Å². The van der Waals surface area contributed by atoms with E-state index in [2.05, 4.69) is 44.3 Å². The van der Waals surface area contributed by atoms with Gasteiger partial charge in [-0.2, -0.15) is 0 Å². The lowest BCUT2D eigenvalue weighted by atomic mass is 9.93. The van der Waals surface area contributed by atoms with Crippen LogP contribution in [0.3, 0.4) is 0 Å². The summed E-state index contributed by atoms with van der Waals surface area (Å²) in [5, 5.41) is 3.54. The predicted molar refractivity (Wildman–Crippen MR) is 80.4 cm³/mol. The molecule has 0 aromatic heterocycles. The van der Waals surface area contributed by atoms with E-state index in [1.54, 1.807) is 0 Å². The molecule has 1 fully saturated rings. The average Bonchev–Trinajstić information content (AvgIpc) is 2.42. The Morgan fingerprint density at radius 2 is 1.89 bits per heavy atom. The third-order valence-electron chi connectivity index (χ3n) is 4.15. The minimum atomic E-state index is 0.454. The molecule has 2 heteroatoms. The maximum Gasteiger partial charge on any atom is 0.0723 e. The third kappa shape index (κ3) is 4.32. The van der Waals surface area contributed by atoms with E-state index in [4.69, 9.17) is 4.74 Å². The normalized spacial score (nSPS) is 23.5. The Bertz CT molecular complexity index is 394. The van der Waals surface area contributed by atoms with Crippen LogP contribution in [0.4, 0.5) is 0 Å². The van der Waals surface area contributed by atoms with E-state index < -0.39 is 0 Å². The maximum atomic E-state index is 6.10. The van der Waals surface area contributed by atoms with Crippen molar-refractivity contribution in [2.45, 2.75) is 65.2 Å². The van der Waals surface area contributed by atoms with Crippen LogP contribution in [0.5, 0.6) is 0 Å². The van der Waals surface area contributed by atoms with Gasteiger partial charge in [-0.1, -0.05) is 30.7 Å². The third-order valence-corrected chi connectivity index (χ3v) is 4.15. The lowest BCUT2D eigenvalue weighted by Crippen LogP contribution is -2.35. The van der Waals surface area contributed by atoms with Gasteiger partial charge >= 0.3 is 0 Å². The number of ether oxygens (including phenoxy) is 1. The van der Waals surface area contributed by atoms with E-state index in [1.165, 1.54) is 42.4 Å². The fourth-order valence-corrected chi connectivity index (χ4v) is 2.89. The summed E-state index contributed by atoms with van der Waals surface area (Å²) in [6.45, 7) is 8.34. The Hall–Kier alpha value is -0.860. The monoisotopic (exact) mass is 261 g/mol. The molecule has 0 spiro atoms. The quantitative estimate of drug-likeness (QED) is 0.872. The molecule has 0 unspecified atom stereocenters. The summed E-state index contributed by atoms with van der Waals surface area (Å²) in [7, 11) is 0. The molecule has 106 valence electrons. The van der Waals surface area contributed by atoms with Gasteiger partial charge < -0.3 is 10.1 Å². The second-order valence-electron chi connectivity index (χ2n) is 5.77. The summed E-state index contributed by atoms with van der Waals surface area (Å²) in [6.07, 6.45) is 5.36. The maximum absolute atomic E-state index is 6.10. The zero-order valence-electron chi connectivity index (χ0n) is 12.5. The first kappa shape index (κ1) is 14.5. The van der Waals surface area contributed by atoms with E-state index >= 15 is 0 Å². The lowest BCUT2D eigenvalue weighted by molar-refractivity contribution is 0.0112. The van der Waals surface area contributed by atoms with E-state index in [-0.39, 0.29) is 0 Å². The van der Waals surface area contributed by atoms with E-state index in [9.17, 15) is 0 Å². The number of nitrogens with one attached hydrogen (secondary N) is 1. The van der Waals surface area contributed by atoms with Crippen LogP contribution in [0.1, 0.15) is 49.3 Å². The van der Waals surface area contributed by atoms with Crippen molar-refractivity contribution in [1.82, 2.24) is 5.32 Å². The minimum absolute atomic E-state index is 0.454. The molecule has 1 aliphatic rings. The minimum Gasteiger partial charge on any atom is -0.374 e. The van der Waals surface area contributed by atoms with E-state index in [0.29, 0.717) is 12.1 Å². The molecule has 1 N–H and O–H groups in total. The topological polar surface area (TPSA) is 21.3 Å². The fraction of sp³-hybridized carbons (Fsp3) is 0.647. The van der Waals surface area contributed by atoms with Crippen molar-refractivity contribution in [3.8, 4) is 0 Å². The molecule has 0 radical (unpaired) electrons. The molecule has 0 bridgehead atoms.